The first-order valence-corrected chi connectivity index (χ1v) is 16.2. The van der Waals surface area contributed by atoms with Crippen LogP contribution in [0, 0.1) is 6.92 Å². The zero-order valence-corrected chi connectivity index (χ0v) is 28.0. The molecule has 5 rings (SSSR count). The second-order valence-electron chi connectivity index (χ2n) is 11.4. The maximum atomic E-state index is 12.9. The molecule has 1 amide bonds. The van der Waals surface area contributed by atoms with Crippen molar-refractivity contribution in [3.8, 4) is 22.8 Å². The predicted octanol–water partition coefficient (Wildman–Crippen LogP) is 8.07. The Hall–Kier alpha value is -4.49. The van der Waals surface area contributed by atoms with Crippen molar-refractivity contribution in [3.63, 3.8) is 0 Å². The number of rotatable bonds is 8. The lowest BCUT2D eigenvalue weighted by Gasteiger charge is -2.23. The molecule has 8 nitrogen and oxygen atoms in total. The fourth-order valence-electron chi connectivity index (χ4n) is 4.91. The van der Waals surface area contributed by atoms with Crippen molar-refractivity contribution in [2.45, 2.75) is 52.9 Å². The normalized spacial score (nSPS) is 15.4. The number of benzene rings is 3. The number of ether oxygens (including phenoxy) is 1. The first-order valence-electron chi connectivity index (χ1n) is 14.8. The number of alkyl halides is 3. The Bertz CT molecular complexity index is 1850. The molecule has 0 radical (unpaired) electrons. The maximum Gasteiger partial charge on any atom is 0.573 e. The highest BCUT2D eigenvalue weighted by atomic mass is 32.2. The Morgan fingerprint density at radius 2 is 1.85 bits per heavy atom. The van der Waals surface area contributed by atoms with Gasteiger partial charge in [-0.1, -0.05) is 67.6 Å². The van der Waals surface area contributed by atoms with Crippen molar-refractivity contribution in [1.82, 2.24) is 20.1 Å². The van der Waals surface area contributed by atoms with Gasteiger partial charge in [0.2, 0.25) is 5.91 Å². The third-order valence-corrected chi connectivity index (χ3v) is 8.53. The van der Waals surface area contributed by atoms with Gasteiger partial charge in [-0.15, -0.1) is 18.3 Å². The van der Waals surface area contributed by atoms with Crippen molar-refractivity contribution < 1.29 is 22.7 Å². The Labute approximate surface area is 280 Å². The van der Waals surface area contributed by atoms with Crippen molar-refractivity contribution in [2.75, 3.05) is 10.7 Å². The minimum Gasteiger partial charge on any atom is -0.406 e. The molecule has 1 aromatic heterocycles. The van der Waals surface area contributed by atoms with Crippen molar-refractivity contribution in [3.05, 3.63) is 95.3 Å². The van der Waals surface area contributed by atoms with Gasteiger partial charge in [0.05, 0.1) is 17.1 Å². The number of aromatic nitrogens is 3. The number of nitrogens with zero attached hydrogens (tertiary/aromatic N) is 5. The van der Waals surface area contributed by atoms with Crippen LogP contribution in [0.15, 0.2) is 83.6 Å². The average Bonchev–Trinajstić information content (AvgIpc) is 3.63. The molecular weight excluding hydrogens is 646 g/mol. The zero-order valence-electron chi connectivity index (χ0n) is 26.4. The van der Waals surface area contributed by atoms with Crippen LogP contribution in [-0.4, -0.2) is 49.1 Å². The molecule has 4 aromatic rings. The number of amidine groups is 1. The number of aliphatic imine (C=N–C) groups is 1. The van der Waals surface area contributed by atoms with Crippen LogP contribution in [0.2, 0.25) is 0 Å². The highest BCUT2D eigenvalue weighted by Crippen LogP contribution is 2.34. The summed E-state index contributed by atoms with van der Waals surface area (Å²) in [5.41, 5.74) is 6.19. The largest absolute Gasteiger partial charge is 0.573 e. The molecule has 1 aliphatic heterocycles. The van der Waals surface area contributed by atoms with Gasteiger partial charge in [-0.3, -0.25) is 9.69 Å². The summed E-state index contributed by atoms with van der Waals surface area (Å²) >= 11 is 6.98. The van der Waals surface area contributed by atoms with Crippen LogP contribution in [0.4, 0.5) is 18.9 Å². The van der Waals surface area contributed by atoms with Crippen LogP contribution in [0.5, 0.6) is 5.75 Å². The molecule has 0 spiro atoms. The van der Waals surface area contributed by atoms with Gasteiger partial charge in [-0.2, -0.15) is 4.99 Å². The molecule has 2 heterocycles. The smallest absolute Gasteiger partial charge is 0.406 e. The first-order chi connectivity index (χ1) is 22.3. The number of thioether (sulfide) groups is 1. The van der Waals surface area contributed by atoms with Gasteiger partial charge in [-0.25, -0.2) is 9.67 Å². The van der Waals surface area contributed by atoms with Gasteiger partial charge >= 0.3 is 6.36 Å². The lowest BCUT2D eigenvalue weighted by Crippen LogP contribution is -2.35. The number of hydrogen-bond acceptors (Lipinski definition) is 6. The highest BCUT2D eigenvalue weighted by molar-refractivity contribution is 8.15. The van der Waals surface area contributed by atoms with Gasteiger partial charge in [0, 0.05) is 11.6 Å². The highest BCUT2D eigenvalue weighted by Gasteiger charge is 2.32. The van der Waals surface area contributed by atoms with E-state index in [0.717, 1.165) is 33.5 Å². The SMILES string of the molecule is C/C(=C\c1cccc(-c2ncn(-c3ccc(OC(F)(F)F)cc3)n2)c1)C(C)NC(=S)/N=C1\SCC(=O)N1c1cc(C)ccc1C(C)C. The summed E-state index contributed by atoms with van der Waals surface area (Å²) in [6, 6.07) is 19.0. The predicted molar refractivity (Wildman–Crippen MR) is 185 cm³/mol. The summed E-state index contributed by atoms with van der Waals surface area (Å²) in [6.45, 7) is 10.2. The van der Waals surface area contributed by atoms with E-state index in [1.807, 2.05) is 63.2 Å². The van der Waals surface area contributed by atoms with Crippen LogP contribution in [-0.2, 0) is 4.79 Å². The maximum absolute atomic E-state index is 12.9. The number of carbonyl (C=O) groups excluding carboxylic acids is 1. The van der Waals surface area contributed by atoms with Crippen LogP contribution in [0.3, 0.4) is 0 Å². The van der Waals surface area contributed by atoms with Gasteiger partial charge in [0.15, 0.2) is 16.1 Å². The van der Waals surface area contributed by atoms with E-state index < -0.39 is 6.36 Å². The Balaban J connectivity index is 1.27. The molecule has 0 bridgehead atoms. The zero-order chi connectivity index (χ0) is 33.9. The van der Waals surface area contributed by atoms with E-state index in [4.69, 9.17) is 12.2 Å². The second kappa shape index (κ2) is 14.1. The molecule has 47 heavy (non-hydrogen) atoms. The van der Waals surface area contributed by atoms with Crippen LogP contribution in [0.25, 0.3) is 23.2 Å². The third-order valence-electron chi connectivity index (χ3n) is 7.40. The van der Waals surface area contributed by atoms with E-state index in [9.17, 15) is 18.0 Å². The van der Waals surface area contributed by atoms with Gasteiger partial charge < -0.3 is 10.1 Å². The molecule has 1 atom stereocenters. The number of aryl methyl sites for hydroxylation is 1. The summed E-state index contributed by atoms with van der Waals surface area (Å²) in [7, 11) is 0. The van der Waals surface area contributed by atoms with Gasteiger partial charge in [-0.05, 0) is 92.0 Å². The van der Waals surface area contributed by atoms with Crippen LogP contribution in [0.1, 0.15) is 50.3 Å². The number of thiocarbonyl (C=S) groups is 1. The topological polar surface area (TPSA) is 84.6 Å². The fraction of sp³-hybridized carbons (Fsp3) is 0.265. The van der Waals surface area contributed by atoms with Crippen molar-refractivity contribution in [2.24, 2.45) is 4.99 Å². The molecule has 244 valence electrons. The van der Waals surface area contributed by atoms with E-state index in [2.05, 4.69) is 45.0 Å². The molecular formula is C34H33F3N6O2S2. The van der Waals surface area contributed by atoms with E-state index in [-0.39, 0.29) is 28.7 Å². The van der Waals surface area contributed by atoms with E-state index in [1.54, 1.807) is 4.90 Å². The third kappa shape index (κ3) is 8.46. The quantitative estimate of drug-likeness (QED) is 0.189. The number of nitrogens with one attached hydrogen (secondary N) is 1. The summed E-state index contributed by atoms with van der Waals surface area (Å²) in [4.78, 5) is 23.7. The Kier molecular flexibility index (Phi) is 10.2. The minimum atomic E-state index is -4.76. The summed E-state index contributed by atoms with van der Waals surface area (Å²) in [6.07, 6.45) is -1.24. The van der Waals surface area contributed by atoms with Crippen LogP contribution >= 0.6 is 24.0 Å². The first kappa shape index (κ1) is 33.9. The average molecular weight is 679 g/mol. The number of carbonyl (C=O) groups is 1. The monoisotopic (exact) mass is 678 g/mol. The minimum absolute atomic E-state index is 0.0270. The number of anilines is 1. The second-order valence-corrected chi connectivity index (χ2v) is 12.7. The van der Waals surface area contributed by atoms with Crippen LogP contribution < -0.4 is 15.0 Å². The molecule has 0 aliphatic carbocycles. The summed E-state index contributed by atoms with van der Waals surface area (Å²) in [5.74, 6) is 0.648. The van der Waals surface area contributed by atoms with E-state index in [1.165, 1.54) is 47.0 Å². The molecule has 1 fully saturated rings. The fourth-order valence-corrected chi connectivity index (χ4v) is 6.10. The standard InChI is InChI=1S/C34H33F3N6O2S2/c1-20(2)28-14-9-21(3)15-29(28)43-30(44)18-47-33(43)40-32(46)39-23(5)22(4)16-24-7-6-8-25(17-24)31-38-19-42(41-31)26-10-12-27(13-11-26)45-34(35,36)37/h6-17,19-20,23H,18H2,1-5H3,(H,39,46)/b22-16+,40-33-. The summed E-state index contributed by atoms with van der Waals surface area (Å²) < 4.78 is 42.9. The molecule has 0 saturated carbocycles. The van der Waals surface area contributed by atoms with Crippen molar-refractivity contribution >= 4 is 51.9 Å². The van der Waals surface area contributed by atoms with E-state index >= 15 is 0 Å². The molecule has 1 aliphatic rings. The number of halogens is 3. The molecule has 3 aromatic carbocycles. The van der Waals surface area contributed by atoms with E-state index in [0.29, 0.717) is 22.4 Å². The molecule has 1 N–H and O–H groups in total. The van der Waals surface area contributed by atoms with Gasteiger partial charge in [0.25, 0.3) is 0 Å². The summed E-state index contributed by atoms with van der Waals surface area (Å²) in [5, 5.41) is 8.61. The molecule has 1 saturated heterocycles. The number of amides is 1. The lowest BCUT2D eigenvalue weighted by molar-refractivity contribution is -0.274. The molecule has 1 unspecified atom stereocenters. The Morgan fingerprint density at radius 1 is 1.11 bits per heavy atom. The lowest BCUT2D eigenvalue weighted by atomic mass is 9.99. The molecule has 13 heteroatoms. The number of hydrogen-bond donors (Lipinski definition) is 1. The Morgan fingerprint density at radius 3 is 2.55 bits per heavy atom. The van der Waals surface area contributed by atoms with Gasteiger partial charge in [0.1, 0.15) is 12.1 Å². The van der Waals surface area contributed by atoms with Crippen molar-refractivity contribution in [1.29, 1.82) is 0 Å².